The van der Waals surface area contributed by atoms with Gasteiger partial charge in [-0.3, -0.25) is 9.59 Å². The molecule has 1 aromatic rings. The molecule has 0 spiro atoms. The van der Waals surface area contributed by atoms with E-state index in [1.807, 2.05) is 0 Å². The minimum absolute atomic E-state index is 0.139. The lowest BCUT2D eigenvalue weighted by atomic mass is 10.1. The molecule has 17 heavy (non-hydrogen) atoms. The van der Waals surface area contributed by atoms with Crippen LogP contribution in [0.25, 0.3) is 0 Å². The van der Waals surface area contributed by atoms with Crippen LogP contribution in [0.1, 0.15) is 5.56 Å². The Labute approximate surface area is 91.5 Å². The normalized spacial score (nSPS) is 15.0. The van der Waals surface area contributed by atoms with E-state index in [2.05, 4.69) is 9.98 Å². The Balaban J connectivity index is 2.80. The minimum Gasteiger partial charge on any atom is -0.398 e. The van der Waals surface area contributed by atoms with E-state index in [4.69, 9.17) is 5.73 Å². The molecule has 0 saturated carbocycles. The molecular formula is C9H4F3N3O2. The Bertz CT molecular complexity index is 649. The number of fused-ring (bicyclic) bond motifs is 1. The number of benzene rings is 1. The molecule has 1 aromatic carbocycles. The molecule has 2 rings (SSSR count). The van der Waals surface area contributed by atoms with Crippen LogP contribution in [-0.4, -0.2) is 11.8 Å². The van der Waals surface area contributed by atoms with Gasteiger partial charge in [0, 0.05) is 5.69 Å². The van der Waals surface area contributed by atoms with E-state index in [-0.39, 0.29) is 10.7 Å². The summed E-state index contributed by atoms with van der Waals surface area (Å²) in [4.78, 5) is 28.2. The van der Waals surface area contributed by atoms with Crippen LogP contribution in [-0.2, 0) is 15.8 Å². The lowest BCUT2D eigenvalue weighted by molar-refractivity contribution is -0.137. The van der Waals surface area contributed by atoms with Gasteiger partial charge in [-0.25, -0.2) is 9.98 Å². The minimum atomic E-state index is -4.65. The zero-order chi connectivity index (χ0) is 12.8. The first-order valence-electron chi connectivity index (χ1n) is 4.31. The quantitative estimate of drug-likeness (QED) is 0.496. The monoisotopic (exact) mass is 243 g/mol. The molecule has 0 fully saturated rings. The lowest BCUT2D eigenvalue weighted by Gasteiger charge is -2.09. The second-order valence-corrected chi connectivity index (χ2v) is 3.26. The van der Waals surface area contributed by atoms with Crippen LogP contribution in [0.3, 0.4) is 0 Å². The number of nitrogens with two attached hydrogens (primary N) is 1. The molecule has 0 aliphatic carbocycles. The molecule has 88 valence electrons. The molecule has 5 nitrogen and oxygen atoms in total. The van der Waals surface area contributed by atoms with Gasteiger partial charge in [-0.15, -0.1) is 0 Å². The summed E-state index contributed by atoms with van der Waals surface area (Å²) in [6.07, 6.45) is -4.65. The Kier molecular flexibility index (Phi) is 2.23. The third kappa shape index (κ3) is 1.88. The molecule has 0 atom stereocenters. The van der Waals surface area contributed by atoms with Crippen LogP contribution in [0, 0.1) is 0 Å². The van der Waals surface area contributed by atoms with Crippen molar-refractivity contribution in [1.29, 1.82) is 0 Å². The Morgan fingerprint density at radius 1 is 1.00 bits per heavy atom. The summed E-state index contributed by atoms with van der Waals surface area (Å²) < 4.78 is 37.5. The fraction of sp³-hybridized carbons (Fsp3) is 0.111. The van der Waals surface area contributed by atoms with Gasteiger partial charge in [0.1, 0.15) is 0 Å². The molecule has 0 radical (unpaired) electrons. The second kappa shape index (κ2) is 3.37. The maximum atomic E-state index is 12.5. The summed E-state index contributed by atoms with van der Waals surface area (Å²) in [5, 5.41) is -0.448. The van der Waals surface area contributed by atoms with E-state index in [9.17, 15) is 22.8 Å². The predicted octanol–water partition coefficient (Wildman–Crippen LogP) is -0.406. The van der Waals surface area contributed by atoms with Crippen molar-refractivity contribution < 1.29 is 22.8 Å². The van der Waals surface area contributed by atoms with Gasteiger partial charge in [-0.2, -0.15) is 13.2 Å². The highest BCUT2D eigenvalue weighted by Crippen LogP contribution is 2.31. The molecule has 0 unspecified atom stereocenters. The third-order valence-electron chi connectivity index (χ3n) is 2.08. The van der Waals surface area contributed by atoms with Crippen molar-refractivity contribution in [3.05, 3.63) is 28.4 Å². The lowest BCUT2D eigenvalue weighted by Crippen LogP contribution is -2.36. The summed E-state index contributed by atoms with van der Waals surface area (Å²) in [6, 6.07) is 1.46. The molecule has 1 aliphatic heterocycles. The molecule has 0 saturated heterocycles. The number of anilines is 1. The largest absolute Gasteiger partial charge is 0.418 e. The average molecular weight is 243 g/mol. The molecule has 0 bridgehead atoms. The Morgan fingerprint density at radius 3 is 1.94 bits per heavy atom. The van der Waals surface area contributed by atoms with Crippen LogP contribution in [0.15, 0.2) is 22.1 Å². The van der Waals surface area contributed by atoms with Gasteiger partial charge >= 0.3 is 18.0 Å². The molecule has 2 N–H and O–H groups in total. The maximum absolute atomic E-state index is 12.5. The van der Waals surface area contributed by atoms with Gasteiger partial charge in [-0.05, 0) is 12.1 Å². The van der Waals surface area contributed by atoms with Crippen LogP contribution >= 0.6 is 0 Å². The van der Waals surface area contributed by atoms with Gasteiger partial charge in [0.05, 0.1) is 16.3 Å². The van der Waals surface area contributed by atoms with Crippen molar-refractivity contribution in [2.75, 3.05) is 5.73 Å². The number of hydrogen-bond donors (Lipinski definition) is 1. The van der Waals surface area contributed by atoms with Crippen molar-refractivity contribution in [2.45, 2.75) is 6.18 Å². The molecule has 0 aromatic heterocycles. The standard InChI is InChI=1S/C9H4F3N3O2/c10-9(11,12)3-1-5-6(2-4(3)13)15-8(17)7(16)14-5/h1-2H,13H2. The Hall–Kier alpha value is -2.25. The van der Waals surface area contributed by atoms with Gasteiger partial charge in [0.25, 0.3) is 0 Å². The van der Waals surface area contributed by atoms with Gasteiger partial charge in [-0.1, -0.05) is 0 Å². The molecule has 8 heteroatoms. The number of carbonyl (C=O) groups is 2. The average Bonchev–Trinajstić information content (AvgIpc) is 2.18. The van der Waals surface area contributed by atoms with E-state index in [0.717, 1.165) is 6.07 Å². The van der Waals surface area contributed by atoms with E-state index in [1.165, 1.54) is 0 Å². The van der Waals surface area contributed by atoms with Gasteiger partial charge in [0.2, 0.25) is 0 Å². The summed E-state index contributed by atoms with van der Waals surface area (Å²) >= 11 is 0. The van der Waals surface area contributed by atoms with Crippen molar-refractivity contribution in [3.63, 3.8) is 0 Å². The highest BCUT2D eigenvalue weighted by Gasteiger charge is 2.33. The van der Waals surface area contributed by atoms with Crippen LogP contribution in [0.5, 0.6) is 0 Å². The maximum Gasteiger partial charge on any atom is 0.418 e. The van der Waals surface area contributed by atoms with Gasteiger partial charge < -0.3 is 5.73 Å². The number of amides is 2. The van der Waals surface area contributed by atoms with Crippen molar-refractivity contribution in [1.82, 2.24) is 0 Å². The highest BCUT2D eigenvalue weighted by atomic mass is 19.4. The topological polar surface area (TPSA) is 84.9 Å². The van der Waals surface area contributed by atoms with Crippen molar-refractivity contribution >= 4 is 17.5 Å². The second-order valence-electron chi connectivity index (χ2n) is 3.26. The summed E-state index contributed by atoms with van der Waals surface area (Å²) in [7, 11) is 0. The molecular weight excluding hydrogens is 239 g/mol. The molecule has 2 amide bonds. The fourth-order valence-corrected chi connectivity index (χ4v) is 1.33. The Morgan fingerprint density at radius 2 is 1.47 bits per heavy atom. The van der Waals surface area contributed by atoms with Crippen molar-refractivity contribution in [3.8, 4) is 0 Å². The highest BCUT2D eigenvalue weighted by molar-refractivity contribution is 6.36. The zero-order valence-electron chi connectivity index (χ0n) is 8.08. The van der Waals surface area contributed by atoms with E-state index in [0.29, 0.717) is 6.07 Å². The first-order chi connectivity index (χ1) is 7.79. The fourth-order valence-electron chi connectivity index (χ4n) is 1.33. The van der Waals surface area contributed by atoms with E-state index in [1.54, 1.807) is 0 Å². The third-order valence-corrected chi connectivity index (χ3v) is 2.08. The van der Waals surface area contributed by atoms with Gasteiger partial charge in [0.15, 0.2) is 0 Å². The van der Waals surface area contributed by atoms with Crippen LogP contribution < -0.4 is 16.4 Å². The number of carbonyl (C=O) groups excluding carboxylic acids is 2. The number of nitrogen functional groups attached to an aromatic ring is 1. The smallest absolute Gasteiger partial charge is 0.398 e. The number of hydrogen-bond acceptors (Lipinski definition) is 3. The molecule has 1 aliphatic rings. The first-order valence-corrected chi connectivity index (χ1v) is 4.31. The number of rotatable bonds is 0. The van der Waals surface area contributed by atoms with Crippen LogP contribution in [0.2, 0.25) is 0 Å². The predicted molar refractivity (Wildman–Crippen MR) is 48.2 cm³/mol. The van der Waals surface area contributed by atoms with E-state index >= 15 is 0 Å². The molecule has 1 heterocycles. The number of alkyl halides is 3. The first kappa shape index (κ1) is 11.2. The zero-order valence-corrected chi connectivity index (χ0v) is 8.08. The summed E-state index contributed by atoms with van der Waals surface area (Å²) in [6.45, 7) is 0. The van der Waals surface area contributed by atoms with Crippen molar-refractivity contribution in [2.24, 2.45) is 9.98 Å². The number of nitrogens with zero attached hydrogens (tertiary/aromatic N) is 2. The van der Waals surface area contributed by atoms with E-state index < -0.39 is 29.2 Å². The number of halogens is 3. The van der Waals surface area contributed by atoms with Crippen LogP contribution in [0.4, 0.5) is 18.9 Å². The SMILES string of the molecule is Nc1cc2c(cc1C(F)(F)F)=NC(=O)C(=O)N=2. The summed E-state index contributed by atoms with van der Waals surface area (Å²) in [5.41, 5.74) is 3.51. The summed E-state index contributed by atoms with van der Waals surface area (Å²) in [5.74, 6) is -2.33.